The third-order valence-corrected chi connectivity index (χ3v) is 3.54. The number of carbonyl (C=O) groups is 2. The Labute approximate surface area is 116 Å². The fourth-order valence-electron chi connectivity index (χ4n) is 2.53. The number of nitrogens with zero attached hydrogens (tertiary/aromatic N) is 1. The van der Waals surface area contributed by atoms with Crippen LogP contribution in [0.5, 0.6) is 0 Å². The molecular formula is C14H15NO5. The van der Waals surface area contributed by atoms with Gasteiger partial charge in [-0.3, -0.25) is 4.79 Å². The van der Waals surface area contributed by atoms with Crippen molar-refractivity contribution in [2.45, 2.75) is 18.4 Å². The first kappa shape index (κ1) is 13.1. The molecule has 0 aliphatic carbocycles. The Kier molecular flexibility index (Phi) is 3.42. The van der Waals surface area contributed by atoms with Crippen molar-refractivity contribution in [3.63, 3.8) is 0 Å². The number of rotatable bonds is 2. The van der Waals surface area contributed by atoms with Gasteiger partial charge in [0, 0.05) is 12.7 Å². The lowest BCUT2D eigenvalue weighted by Gasteiger charge is -2.38. The van der Waals surface area contributed by atoms with E-state index < -0.39 is 24.4 Å². The fourth-order valence-corrected chi connectivity index (χ4v) is 2.53. The average Bonchev–Trinajstić information content (AvgIpc) is 2.88. The lowest BCUT2D eigenvalue weighted by molar-refractivity contribution is -0.199. The Hall–Kier alpha value is -1.92. The van der Waals surface area contributed by atoms with E-state index in [0.29, 0.717) is 5.56 Å². The molecule has 0 N–H and O–H groups in total. The van der Waals surface area contributed by atoms with E-state index in [0.717, 1.165) is 0 Å². The number of fused-ring (bicyclic) bond motifs is 1. The zero-order chi connectivity index (χ0) is 14.1. The van der Waals surface area contributed by atoms with E-state index in [1.165, 1.54) is 12.0 Å². The summed E-state index contributed by atoms with van der Waals surface area (Å²) in [5.74, 6) is -0.640. The number of esters is 1. The van der Waals surface area contributed by atoms with E-state index in [1.54, 1.807) is 24.3 Å². The van der Waals surface area contributed by atoms with Crippen LogP contribution in [0.1, 0.15) is 10.4 Å². The summed E-state index contributed by atoms with van der Waals surface area (Å²) in [7, 11) is 1.51. The Bertz CT molecular complexity index is 518. The third kappa shape index (κ3) is 2.17. The molecule has 0 saturated carbocycles. The number of amides is 1. The molecule has 2 aliphatic rings. The topological polar surface area (TPSA) is 65.1 Å². The number of carbonyl (C=O) groups excluding carboxylic acids is 2. The SMILES string of the molecule is COC1CN(C(=O)c2ccccc2)[C@H]2C(=O)OC[C@H]2O1. The second-order valence-electron chi connectivity index (χ2n) is 4.74. The van der Waals surface area contributed by atoms with Crippen molar-refractivity contribution in [3.05, 3.63) is 35.9 Å². The number of cyclic esters (lactones) is 1. The molecule has 1 unspecified atom stereocenters. The first-order valence-electron chi connectivity index (χ1n) is 6.41. The van der Waals surface area contributed by atoms with Gasteiger partial charge in [0.2, 0.25) is 0 Å². The van der Waals surface area contributed by atoms with Gasteiger partial charge in [0.25, 0.3) is 5.91 Å². The predicted octanol–water partition coefficient (Wildman–Crippen LogP) is 0.425. The van der Waals surface area contributed by atoms with Crippen LogP contribution in [0.25, 0.3) is 0 Å². The highest BCUT2D eigenvalue weighted by Gasteiger charge is 2.49. The molecule has 3 atom stereocenters. The minimum Gasteiger partial charge on any atom is -0.461 e. The molecule has 3 rings (SSSR count). The lowest BCUT2D eigenvalue weighted by atomic mass is 10.1. The predicted molar refractivity (Wildman–Crippen MR) is 67.9 cm³/mol. The van der Waals surface area contributed by atoms with E-state index in [2.05, 4.69) is 0 Å². The molecule has 0 aromatic heterocycles. The van der Waals surface area contributed by atoms with Gasteiger partial charge in [-0.25, -0.2) is 4.79 Å². The largest absolute Gasteiger partial charge is 0.461 e. The summed E-state index contributed by atoms with van der Waals surface area (Å²) in [6.45, 7) is 0.364. The van der Waals surface area contributed by atoms with Gasteiger partial charge >= 0.3 is 5.97 Å². The Morgan fingerprint density at radius 1 is 1.35 bits per heavy atom. The zero-order valence-corrected chi connectivity index (χ0v) is 11.0. The fraction of sp³-hybridized carbons (Fsp3) is 0.429. The maximum absolute atomic E-state index is 12.6. The number of methoxy groups -OCH3 is 1. The zero-order valence-electron chi connectivity index (χ0n) is 11.0. The minimum absolute atomic E-state index is 0.155. The quantitative estimate of drug-likeness (QED) is 0.733. The monoisotopic (exact) mass is 277 g/mol. The van der Waals surface area contributed by atoms with Crippen LogP contribution in [-0.2, 0) is 19.0 Å². The summed E-state index contributed by atoms with van der Waals surface area (Å²) < 4.78 is 15.7. The van der Waals surface area contributed by atoms with Crippen molar-refractivity contribution in [2.75, 3.05) is 20.3 Å². The van der Waals surface area contributed by atoms with Gasteiger partial charge in [0.15, 0.2) is 12.3 Å². The van der Waals surface area contributed by atoms with Crippen molar-refractivity contribution >= 4 is 11.9 Å². The van der Waals surface area contributed by atoms with Crippen LogP contribution in [0.2, 0.25) is 0 Å². The summed E-state index contributed by atoms with van der Waals surface area (Å²) in [6, 6.07) is 8.15. The first-order valence-corrected chi connectivity index (χ1v) is 6.41. The van der Waals surface area contributed by atoms with Gasteiger partial charge in [-0.05, 0) is 12.1 Å². The molecule has 0 spiro atoms. The molecule has 106 valence electrons. The first-order chi connectivity index (χ1) is 9.70. The summed E-state index contributed by atoms with van der Waals surface area (Å²) in [5.41, 5.74) is 0.530. The highest BCUT2D eigenvalue weighted by Crippen LogP contribution is 2.26. The maximum Gasteiger partial charge on any atom is 0.331 e. The van der Waals surface area contributed by atoms with Gasteiger partial charge in [0.05, 0.1) is 6.54 Å². The van der Waals surface area contributed by atoms with Crippen molar-refractivity contribution in [1.29, 1.82) is 0 Å². The second kappa shape index (κ2) is 5.22. The Morgan fingerprint density at radius 2 is 2.10 bits per heavy atom. The standard InChI is InChI=1S/C14H15NO5/c1-18-11-7-15(12-10(20-11)8-19-14(12)17)13(16)9-5-3-2-4-6-9/h2-6,10-12H,7-8H2,1H3/t10-,11?,12-/m1/s1. The molecule has 6 nitrogen and oxygen atoms in total. The van der Waals surface area contributed by atoms with Crippen LogP contribution < -0.4 is 0 Å². The van der Waals surface area contributed by atoms with Crippen LogP contribution >= 0.6 is 0 Å². The second-order valence-corrected chi connectivity index (χ2v) is 4.74. The molecular weight excluding hydrogens is 262 g/mol. The molecule has 0 radical (unpaired) electrons. The van der Waals surface area contributed by atoms with E-state index in [1.807, 2.05) is 6.07 Å². The molecule has 2 fully saturated rings. The van der Waals surface area contributed by atoms with Gasteiger partial charge in [-0.2, -0.15) is 0 Å². The van der Waals surface area contributed by atoms with Gasteiger partial charge in [-0.15, -0.1) is 0 Å². The van der Waals surface area contributed by atoms with Crippen molar-refractivity contribution < 1.29 is 23.8 Å². The van der Waals surface area contributed by atoms with Gasteiger partial charge in [-0.1, -0.05) is 18.2 Å². The minimum atomic E-state index is -0.686. The van der Waals surface area contributed by atoms with E-state index >= 15 is 0 Å². The molecule has 2 heterocycles. The van der Waals surface area contributed by atoms with Crippen LogP contribution in [-0.4, -0.2) is 55.5 Å². The normalized spacial score (nSPS) is 28.9. The molecule has 1 aromatic carbocycles. The van der Waals surface area contributed by atoms with Crippen molar-refractivity contribution in [3.8, 4) is 0 Å². The molecule has 2 aliphatic heterocycles. The van der Waals surface area contributed by atoms with Crippen LogP contribution in [0, 0.1) is 0 Å². The van der Waals surface area contributed by atoms with Crippen LogP contribution in [0.15, 0.2) is 30.3 Å². The van der Waals surface area contributed by atoms with E-state index in [9.17, 15) is 9.59 Å². The maximum atomic E-state index is 12.6. The number of benzene rings is 1. The van der Waals surface area contributed by atoms with Gasteiger partial charge in [0.1, 0.15) is 12.7 Å². The van der Waals surface area contributed by atoms with Crippen LogP contribution in [0.4, 0.5) is 0 Å². The molecule has 0 bridgehead atoms. The van der Waals surface area contributed by atoms with Crippen molar-refractivity contribution in [2.24, 2.45) is 0 Å². The third-order valence-electron chi connectivity index (χ3n) is 3.54. The number of ether oxygens (including phenoxy) is 3. The number of morpholine rings is 1. The van der Waals surface area contributed by atoms with E-state index in [4.69, 9.17) is 14.2 Å². The Balaban J connectivity index is 1.88. The van der Waals surface area contributed by atoms with Gasteiger partial charge < -0.3 is 19.1 Å². The molecule has 1 amide bonds. The highest BCUT2D eigenvalue weighted by molar-refractivity contribution is 5.97. The average molecular weight is 277 g/mol. The van der Waals surface area contributed by atoms with E-state index in [-0.39, 0.29) is 19.1 Å². The summed E-state index contributed by atoms with van der Waals surface area (Å²) in [4.78, 5) is 25.8. The smallest absolute Gasteiger partial charge is 0.331 e. The summed E-state index contributed by atoms with van der Waals surface area (Å²) >= 11 is 0. The van der Waals surface area contributed by atoms with Crippen molar-refractivity contribution in [1.82, 2.24) is 4.90 Å². The molecule has 6 heteroatoms. The lowest BCUT2D eigenvalue weighted by Crippen LogP contribution is -2.58. The summed E-state index contributed by atoms with van der Waals surface area (Å²) in [5, 5.41) is 0. The van der Waals surface area contributed by atoms with Crippen LogP contribution in [0.3, 0.4) is 0 Å². The molecule has 1 aromatic rings. The summed E-state index contributed by atoms with van der Waals surface area (Å²) in [6.07, 6.45) is -1.01. The Morgan fingerprint density at radius 3 is 2.80 bits per heavy atom. The number of hydrogen-bond donors (Lipinski definition) is 0. The number of hydrogen-bond acceptors (Lipinski definition) is 5. The molecule has 2 saturated heterocycles. The highest BCUT2D eigenvalue weighted by atomic mass is 16.7. The molecule has 20 heavy (non-hydrogen) atoms.